The van der Waals surface area contributed by atoms with Gasteiger partial charge in [0, 0.05) is 62.2 Å². The SMILES string of the molecule is CC(=O)O[C@H]1[C@@H]2[C@H]([C@H](C)[C@H]3O[C@]34OC(=O)[C@@](C)(O)[C@]24C)[C@@]2(C)[C@@H](OC(C)=O)CC3C([C@H]12)[C@@H](OC(C)=O)C(=O)[C@@]1(O)C[C@@H]2O[C@@H]2[C@H](OC(=O)CC(C)C)[C@]31C. The Morgan fingerprint density at radius 3 is 2.11 bits per heavy atom. The Morgan fingerprint density at radius 2 is 1.52 bits per heavy atom. The van der Waals surface area contributed by atoms with Crippen molar-refractivity contribution in [3.8, 4) is 0 Å². The second-order valence-corrected chi connectivity index (χ2v) is 18.7. The molecule has 298 valence electrons. The van der Waals surface area contributed by atoms with Gasteiger partial charge in [0.1, 0.15) is 36.1 Å². The van der Waals surface area contributed by atoms with Gasteiger partial charge in [-0.25, -0.2) is 4.79 Å². The normalized spacial score (nSPS) is 54.3. The van der Waals surface area contributed by atoms with Gasteiger partial charge >= 0.3 is 29.8 Å². The lowest BCUT2D eigenvalue weighted by atomic mass is 9.40. The predicted octanol–water partition coefficient (Wildman–Crippen LogP) is 1.79. The molecule has 0 amide bonds. The monoisotopic (exact) mass is 760 g/mol. The first-order valence-corrected chi connectivity index (χ1v) is 19.2. The van der Waals surface area contributed by atoms with Gasteiger partial charge in [0.15, 0.2) is 11.7 Å². The quantitative estimate of drug-likeness (QED) is 0.224. The number of fused-ring (bicyclic) bond motifs is 9. The summed E-state index contributed by atoms with van der Waals surface area (Å²) in [5.74, 6) is -10.6. The largest absolute Gasteiger partial charge is 0.462 e. The molecule has 0 radical (unpaired) electrons. The standard InChI is InChI=1S/C39H52O15/c1-14(2)11-22(43)52-32-27-20(51-27)13-38(47)30(44)28(49-17(5)41)23-19(35(32,38)8)12-21(48-16(4)40)34(7)24-15(3)31-39(53-31)36(9,37(10,46)33(45)54-39)26(24)29(25(23)34)50-18(6)42/h14-15,19-21,23-29,31-32,46-47H,11-13H2,1-10H3/t15-,19?,20-,21-,23?,24-,25+,26-,27-,28+,29+,31+,32-,34+,35-,36-,37+,38-,39-/m0/s1. The van der Waals surface area contributed by atoms with Crippen molar-refractivity contribution in [2.45, 2.75) is 148 Å². The number of aliphatic hydroxyl groups is 2. The lowest BCUT2D eigenvalue weighted by Gasteiger charge is -2.65. The second-order valence-electron chi connectivity index (χ2n) is 18.7. The zero-order valence-electron chi connectivity index (χ0n) is 32.4. The summed E-state index contributed by atoms with van der Waals surface area (Å²) in [5, 5.41) is 24.9. The molecule has 19 atom stereocenters. The number of epoxide rings is 2. The minimum atomic E-state index is -2.22. The Balaban J connectivity index is 1.38. The van der Waals surface area contributed by atoms with Gasteiger partial charge in [-0.15, -0.1) is 0 Å². The molecule has 0 aromatic heterocycles. The number of hydrogen-bond donors (Lipinski definition) is 2. The smallest absolute Gasteiger partial charge is 0.341 e. The molecule has 5 aliphatic carbocycles. The summed E-state index contributed by atoms with van der Waals surface area (Å²) in [7, 11) is 0. The fraction of sp³-hybridized carbons (Fsp3) is 0.846. The van der Waals surface area contributed by atoms with E-state index in [1.807, 2.05) is 27.7 Å². The predicted molar refractivity (Wildman–Crippen MR) is 179 cm³/mol. The Hall–Kier alpha value is -3.14. The van der Waals surface area contributed by atoms with Crippen molar-refractivity contribution >= 4 is 35.6 Å². The van der Waals surface area contributed by atoms with E-state index in [2.05, 4.69) is 0 Å². The van der Waals surface area contributed by atoms with Gasteiger partial charge in [-0.2, -0.15) is 0 Å². The van der Waals surface area contributed by atoms with Crippen LogP contribution in [0.5, 0.6) is 0 Å². The van der Waals surface area contributed by atoms with Crippen molar-refractivity contribution in [1.29, 1.82) is 0 Å². The minimum absolute atomic E-state index is 0.0264. The highest BCUT2D eigenvalue weighted by Crippen LogP contribution is 2.81. The molecular formula is C39H52O15. The maximum Gasteiger partial charge on any atom is 0.341 e. The van der Waals surface area contributed by atoms with E-state index in [1.54, 1.807) is 13.8 Å². The molecule has 3 aliphatic heterocycles. The molecule has 15 nitrogen and oxygen atoms in total. The summed E-state index contributed by atoms with van der Waals surface area (Å²) in [6, 6.07) is 0. The Morgan fingerprint density at radius 1 is 0.889 bits per heavy atom. The van der Waals surface area contributed by atoms with Crippen LogP contribution in [0.4, 0.5) is 0 Å². The maximum absolute atomic E-state index is 15.1. The number of carbonyl (C=O) groups excluding carboxylic acids is 6. The third-order valence-electron chi connectivity index (χ3n) is 15.7. The van der Waals surface area contributed by atoms with Gasteiger partial charge in [-0.3, -0.25) is 24.0 Å². The first-order valence-electron chi connectivity index (χ1n) is 19.2. The molecule has 3 heterocycles. The van der Waals surface area contributed by atoms with Crippen LogP contribution in [0.1, 0.15) is 88.5 Å². The number of hydrogen-bond acceptors (Lipinski definition) is 15. The van der Waals surface area contributed by atoms with Crippen LogP contribution in [0.2, 0.25) is 0 Å². The van der Waals surface area contributed by atoms with Crippen LogP contribution >= 0.6 is 0 Å². The lowest BCUT2D eigenvalue weighted by molar-refractivity contribution is -0.270. The summed E-state index contributed by atoms with van der Waals surface area (Å²) in [5.41, 5.74) is -8.64. The number of ether oxygens (including phenoxy) is 7. The molecular weight excluding hydrogens is 708 g/mol. The van der Waals surface area contributed by atoms with Crippen molar-refractivity contribution in [3.63, 3.8) is 0 Å². The molecule has 1 spiro atoms. The molecule has 5 saturated carbocycles. The van der Waals surface area contributed by atoms with Crippen LogP contribution in [0.3, 0.4) is 0 Å². The zero-order valence-corrected chi connectivity index (χ0v) is 32.4. The highest BCUT2D eigenvalue weighted by molar-refractivity contribution is 5.95. The topological polar surface area (TPSA) is 214 Å². The number of esters is 5. The molecule has 3 saturated heterocycles. The van der Waals surface area contributed by atoms with E-state index in [9.17, 15) is 34.2 Å². The number of rotatable bonds is 6. The van der Waals surface area contributed by atoms with E-state index in [-0.39, 0.29) is 25.2 Å². The van der Waals surface area contributed by atoms with Crippen LogP contribution < -0.4 is 0 Å². The molecule has 15 heteroatoms. The fourth-order valence-corrected chi connectivity index (χ4v) is 13.4. The van der Waals surface area contributed by atoms with Gasteiger partial charge in [-0.1, -0.05) is 34.6 Å². The van der Waals surface area contributed by atoms with E-state index >= 15 is 4.79 Å². The second kappa shape index (κ2) is 11.3. The average Bonchev–Trinajstić information content (AvgIpc) is 3.94. The van der Waals surface area contributed by atoms with E-state index < -0.39 is 147 Å². The minimum Gasteiger partial charge on any atom is -0.462 e. The number of Topliss-reactive ketones (excluding diaryl/α,β-unsaturated/α-hetero) is 1. The Kier molecular flexibility index (Phi) is 7.87. The molecule has 8 fully saturated rings. The van der Waals surface area contributed by atoms with Crippen LogP contribution in [-0.4, -0.2) is 106 Å². The van der Waals surface area contributed by atoms with Gasteiger partial charge in [0.25, 0.3) is 0 Å². The molecule has 8 aliphatic rings. The number of ketones is 1. The van der Waals surface area contributed by atoms with Gasteiger partial charge in [-0.05, 0) is 43.9 Å². The van der Waals surface area contributed by atoms with E-state index in [0.29, 0.717) is 0 Å². The van der Waals surface area contributed by atoms with Crippen molar-refractivity contribution < 1.29 is 72.1 Å². The lowest BCUT2D eigenvalue weighted by Crippen LogP contribution is -2.77. The third kappa shape index (κ3) is 4.33. The van der Waals surface area contributed by atoms with Crippen molar-refractivity contribution in [2.24, 2.45) is 57.7 Å². The molecule has 0 bridgehead atoms. The van der Waals surface area contributed by atoms with Crippen LogP contribution in [-0.2, 0) is 61.9 Å². The summed E-state index contributed by atoms with van der Waals surface area (Å²) < 4.78 is 42.9. The summed E-state index contributed by atoms with van der Waals surface area (Å²) in [6.45, 7) is 15.9. The third-order valence-corrected chi connectivity index (χ3v) is 15.7. The molecule has 2 N–H and O–H groups in total. The highest BCUT2D eigenvalue weighted by Gasteiger charge is 2.93. The van der Waals surface area contributed by atoms with Crippen LogP contribution in [0.15, 0.2) is 0 Å². The summed E-state index contributed by atoms with van der Waals surface area (Å²) in [6.07, 6.45) is -6.81. The molecule has 2 unspecified atom stereocenters. The van der Waals surface area contributed by atoms with Gasteiger partial charge < -0.3 is 43.4 Å². The molecule has 54 heavy (non-hydrogen) atoms. The van der Waals surface area contributed by atoms with Gasteiger partial charge in [0.2, 0.25) is 11.6 Å². The van der Waals surface area contributed by atoms with Gasteiger partial charge in [0.05, 0.1) is 11.5 Å². The molecule has 0 aromatic rings. The Bertz CT molecular complexity index is 1740. The summed E-state index contributed by atoms with van der Waals surface area (Å²) >= 11 is 0. The number of carbonyl (C=O) groups is 6. The zero-order chi connectivity index (χ0) is 39.6. The van der Waals surface area contributed by atoms with Crippen LogP contribution in [0, 0.1) is 57.7 Å². The first kappa shape index (κ1) is 37.8. The van der Waals surface area contributed by atoms with Crippen molar-refractivity contribution in [2.75, 3.05) is 0 Å². The van der Waals surface area contributed by atoms with E-state index in [1.165, 1.54) is 20.8 Å². The Labute approximate surface area is 313 Å². The van der Waals surface area contributed by atoms with Crippen molar-refractivity contribution in [3.05, 3.63) is 0 Å². The van der Waals surface area contributed by atoms with Crippen molar-refractivity contribution in [1.82, 2.24) is 0 Å². The van der Waals surface area contributed by atoms with E-state index in [0.717, 1.165) is 6.92 Å². The molecule has 0 aromatic carbocycles. The fourth-order valence-electron chi connectivity index (χ4n) is 13.4. The van der Waals surface area contributed by atoms with E-state index in [4.69, 9.17) is 33.2 Å². The highest BCUT2D eigenvalue weighted by atomic mass is 16.8. The molecule has 8 rings (SSSR count). The maximum atomic E-state index is 15.1. The van der Waals surface area contributed by atoms with Crippen LogP contribution in [0.25, 0.3) is 0 Å². The first-order chi connectivity index (χ1) is 24.9. The summed E-state index contributed by atoms with van der Waals surface area (Å²) in [4.78, 5) is 81.4. The average molecular weight is 761 g/mol.